The summed E-state index contributed by atoms with van der Waals surface area (Å²) in [4.78, 5) is 0.00279. The molecule has 2 aromatic rings. The van der Waals surface area contributed by atoms with Crippen LogP contribution in [0.2, 0.25) is 0 Å². The Bertz CT molecular complexity index is 527. The van der Waals surface area contributed by atoms with Gasteiger partial charge < -0.3 is 14.6 Å². The second-order valence-corrected chi connectivity index (χ2v) is 4.63. The van der Waals surface area contributed by atoms with Gasteiger partial charge in [-0.2, -0.15) is 0 Å². The van der Waals surface area contributed by atoms with E-state index in [0.717, 1.165) is 6.42 Å². The predicted octanol–water partition coefficient (Wildman–Crippen LogP) is 2.99. The second kappa shape index (κ2) is 4.75. The van der Waals surface area contributed by atoms with Crippen LogP contribution in [0.1, 0.15) is 24.1 Å². The van der Waals surface area contributed by atoms with E-state index in [4.69, 9.17) is 4.42 Å². The lowest BCUT2D eigenvalue weighted by molar-refractivity contribution is 0.448. The fraction of sp³-hybridized carbons (Fsp3) is 0.273. The average Bonchev–Trinajstić information content (AvgIpc) is 2.77. The number of phenolic OH excluding ortho intramolecular Hbond substituents is 2. The summed E-state index contributed by atoms with van der Waals surface area (Å²) >= 11 is 3.40. The van der Waals surface area contributed by atoms with E-state index in [1.54, 1.807) is 0 Å². The van der Waals surface area contributed by atoms with Crippen LogP contribution in [0, 0.1) is 0 Å². The van der Waals surface area contributed by atoms with Crippen molar-refractivity contribution < 1.29 is 14.6 Å². The minimum absolute atomic E-state index is 0.00279. The molecule has 0 aliphatic carbocycles. The van der Waals surface area contributed by atoms with Crippen molar-refractivity contribution in [3.8, 4) is 23.0 Å². The molecule has 17 heavy (non-hydrogen) atoms. The third kappa shape index (κ3) is 2.41. The van der Waals surface area contributed by atoms with E-state index in [0.29, 0.717) is 11.5 Å². The first-order chi connectivity index (χ1) is 8.11. The summed E-state index contributed by atoms with van der Waals surface area (Å²) in [6.45, 7) is 1.99. The van der Waals surface area contributed by atoms with Crippen LogP contribution in [-0.2, 0) is 0 Å². The number of alkyl halides is 1. The molecular formula is C11H11BrN2O3. The number of halogens is 1. The molecule has 0 aliphatic rings. The van der Waals surface area contributed by atoms with E-state index in [1.807, 2.05) is 6.92 Å². The van der Waals surface area contributed by atoms with Crippen LogP contribution in [0.4, 0.5) is 0 Å². The standard InChI is InChI=1S/C11H11BrN2O3/c1-2-8(12)11-14-13-10(17-11)7-4-3-6(15)5-9(7)16/h3-5,8,15-16H,2H2,1H3. The Morgan fingerprint density at radius 1 is 1.35 bits per heavy atom. The van der Waals surface area contributed by atoms with Crippen LogP contribution < -0.4 is 0 Å². The highest BCUT2D eigenvalue weighted by Crippen LogP contribution is 2.33. The third-order valence-corrected chi connectivity index (χ3v) is 3.32. The van der Waals surface area contributed by atoms with Crippen LogP contribution in [0.5, 0.6) is 11.5 Å². The summed E-state index contributed by atoms with van der Waals surface area (Å²) in [5.41, 5.74) is 0.400. The number of hydrogen-bond donors (Lipinski definition) is 2. The molecule has 0 fully saturated rings. The zero-order chi connectivity index (χ0) is 12.4. The molecule has 0 radical (unpaired) electrons. The Kier molecular flexibility index (Phi) is 3.33. The van der Waals surface area contributed by atoms with Gasteiger partial charge in [-0.05, 0) is 18.6 Å². The third-order valence-electron chi connectivity index (χ3n) is 2.28. The normalized spacial score (nSPS) is 12.6. The van der Waals surface area contributed by atoms with E-state index >= 15 is 0 Å². The molecular weight excluding hydrogens is 288 g/mol. The first-order valence-electron chi connectivity index (χ1n) is 5.11. The van der Waals surface area contributed by atoms with Crippen molar-refractivity contribution >= 4 is 15.9 Å². The monoisotopic (exact) mass is 298 g/mol. The summed E-state index contributed by atoms with van der Waals surface area (Å²) < 4.78 is 5.43. The molecule has 0 amide bonds. The number of benzene rings is 1. The molecule has 90 valence electrons. The first-order valence-corrected chi connectivity index (χ1v) is 6.03. The van der Waals surface area contributed by atoms with Crippen molar-refractivity contribution in [3.63, 3.8) is 0 Å². The van der Waals surface area contributed by atoms with E-state index in [1.165, 1.54) is 18.2 Å². The van der Waals surface area contributed by atoms with Crippen LogP contribution in [0.3, 0.4) is 0 Å². The zero-order valence-corrected chi connectivity index (χ0v) is 10.7. The van der Waals surface area contributed by atoms with Gasteiger partial charge in [0.15, 0.2) is 0 Å². The minimum Gasteiger partial charge on any atom is -0.508 e. The number of aromatic hydroxyl groups is 2. The molecule has 1 atom stereocenters. The fourth-order valence-corrected chi connectivity index (χ4v) is 1.53. The number of nitrogens with zero attached hydrogens (tertiary/aromatic N) is 2. The van der Waals surface area contributed by atoms with Crippen LogP contribution in [0.25, 0.3) is 11.5 Å². The van der Waals surface area contributed by atoms with Crippen molar-refractivity contribution in [2.24, 2.45) is 0 Å². The summed E-state index contributed by atoms with van der Waals surface area (Å²) in [5.74, 6) is 0.589. The molecule has 0 bridgehead atoms. The molecule has 1 heterocycles. The number of aromatic nitrogens is 2. The summed E-state index contributed by atoms with van der Waals surface area (Å²) in [6.07, 6.45) is 0.823. The number of phenols is 2. The molecule has 1 aromatic carbocycles. The van der Waals surface area contributed by atoms with Crippen molar-refractivity contribution in [3.05, 3.63) is 24.1 Å². The molecule has 0 aliphatic heterocycles. The van der Waals surface area contributed by atoms with Crippen molar-refractivity contribution in [2.75, 3.05) is 0 Å². The molecule has 0 spiro atoms. The predicted molar refractivity (Wildman–Crippen MR) is 65.0 cm³/mol. The maximum absolute atomic E-state index is 9.65. The highest BCUT2D eigenvalue weighted by molar-refractivity contribution is 9.09. The topological polar surface area (TPSA) is 79.4 Å². The molecule has 6 heteroatoms. The fourth-order valence-electron chi connectivity index (χ4n) is 1.35. The van der Waals surface area contributed by atoms with Gasteiger partial charge in [-0.3, -0.25) is 0 Å². The Labute approximate surface area is 106 Å². The molecule has 5 nitrogen and oxygen atoms in total. The Morgan fingerprint density at radius 2 is 2.12 bits per heavy atom. The Morgan fingerprint density at radius 3 is 2.76 bits per heavy atom. The Hall–Kier alpha value is -1.56. The number of rotatable bonds is 3. The maximum Gasteiger partial charge on any atom is 0.251 e. The lowest BCUT2D eigenvalue weighted by Crippen LogP contribution is -1.86. The van der Waals surface area contributed by atoms with E-state index in [9.17, 15) is 10.2 Å². The minimum atomic E-state index is -0.0946. The molecule has 1 aromatic heterocycles. The average molecular weight is 299 g/mol. The molecule has 2 N–H and O–H groups in total. The molecule has 1 unspecified atom stereocenters. The lowest BCUT2D eigenvalue weighted by Gasteiger charge is -2.00. The van der Waals surface area contributed by atoms with Gasteiger partial charge in [0, 0.05) is 6.07 Å². The summed E-state index contributed by atoms with van der Waals surface area (Å²) in [5, 5.41) is 26.6. The van der Waals surface area contributed by atoms with Crippen molar-refractivity contribution in [1.82, 2.24) is 10.2 Å². The molecule has 0 saturated heterocycles. The van der Waals surface area contributed by atoms with Crippen molar-refractivity contribution in [2.45, 2.75) is 18.2 Å². The van der Waals surface area contributed by atoms with Gasteiger partial charge in [0.2, 0.25) is 5.89 Å². The molecule has 2 rings (SSSR count). The summed E-state index contributed by atoms with van der Waals surface area (Å²) in [7, 11) is 0. The first kappa shape index (κ1) is 11.9. The molecule has 0 saturated carbocycles. The highest BCUT2D eigenvalue weighted by Gasteiger charge is 2.16. The van der Waals surface area contributed by atoms with Crippen LogP contribution in [0.15, 0.2) is 22.6 Å². The SMILES string of the molecule is CCC(Br)c1nnc(-c2ccc(O)cc2O)o1. The van der Waals surface area contributed by atoms with E-state index < -0.39 is 0 Å². The van der Waals surface area contributed by atoms with Gasteiger partial charge in [0.05, 0.1) is 10.4 Å². The van der Waals surface area contributed by atoms with Gasteiger partial charge in [-0.25, -0.2) is 0 Å². The van der Waals surface area contributed by atoms with Gasteiger partial charge in [-0.15, -0.1) is 10.2 Å². The van der Waals surface area contributed by atoms with Gasteiger partial charge in [-0.1, -0.05) is 22.9 Å². The Balaban J connectivity index is 2.37. The van der Waals surface area contributed by atoms with Gasteiger partial charge in [0.25, 0.3) is 5.89 Å². The quantitative estimate of drug-likeness (QED) is 0.852. The highest BCUT2D eigenvalue weighted by atomic mass is 79.9. The largest absolute Gasteiger partial charge is 0.508 e. The van der Waals surface area contributed by atoms with Gasteiger partial charge >= 0.3 is 0 Å². The zero-order valence-electron chi connectivity index (χ0n) is 9.09. The number of hydrogen-bond acceptors (Lipinski definition) is 5. The van der Waals surface area contributed by atoms with Crippen molar-refractivity contribution in [1.29, 1.82) is 0 Å². The van der Waals surface area contributed by atoms with E-state index in [2.05, 4.69) is 26.1 Å². The van der Waals surface area contributed by atoms with Crippen LogP contribution >= 0.6 is 15.9 Å². The van der Waals surface area contributed by atoms with Gasteiger partial charge in [0.1, 0.15) is 11.5 Å². The lowest BCUT2D eigenvalue weighted by atomic mass is 10.2. The van der Waals surface area contributed by atoms with Crippen LogP contribution in [-0.4, -0.2) is 20.4 Å². The summed E-state index contributed by atoms with van der Waals surface area (Å²) in [6, 6.07) is 4.20. The maximum atomic E-state index is 9.65. The smallest absolute Gasteiger partial charge is 0.251 e. The second-order valence-electron chi connectivity index (χ2n) is 3.52. The van der Waals surface area contributed by atoms with E-state index in [-0.39, 0.29) is 22.2 Å².